The molecule has 0 saturated carbocycles. The Morgan fingerprint density at radius 1 is 1.13 bits per heavy atom. The fourth-order valence-electron chi connectivity index (χ4n) is 4.10. The topological polar surface area (TPSA) is 49.4 Å². The van der Waals surface area contributed by atoms with Crippen molar-refractivity contribution in [1.29, 1.82) is 0 Å². The largest absolute Gasteiger partial charge is 0.416 e. The fourth-order valence-corrected chi connectivity index (χ4v) is 4.10. The highest BCUT2D eigenvalue weighted by Gasteiger charge is 2.48. The van der Waals surface area contributed by atoms with Gasteiger partial charge in [-0.25, -0.2) is 0 Å². The lowest BCUT2D eigenvalue weighted by Crippen LogP contribution is -2.39. The number of nitrogens with zero attached hydrogens (tertiary/aromatic N) is 1. The lowest BCUT2D eigenvalue weighted by atomic mass is 9.83. The molecule has 1 saturated heterocycles. The summed E-state index contributed by atoms with van der Waals surface area (Å²) in [7, 11) is 0. The van der Waals surface area contributed by atoms with Crippen molar-refractivity contribution in [3.8, 4) is 0 Å². The van der Waals surface area contributed by atoms with Crippen LogP contribution in [0.5, 0.6) is 0 Å². The first-order valence-corrected chi connectivity index (χ1v) is 9.84. The quantitative estimate of drug-likeness (QED) is 0.723. The molecule has 0 unspecified atom stereocenters. The smallest absolute Gasteiger partial charge is 0.326 e. The number of rotatable bonds is 4. The van der Waals surface area contributed by atoms with Crippen molar-refractivity contribution in [2.45, 2.75) is 46.7 Å². The zero-order valence-electron chi connectivity index (χ0n) is 17.5. The average Bonchev–Trinajstić information content (AvgIpc) is 2.98. The molecular formula is C23H25F3N2O2. The number of alkyl halides is 3. The molecule has 0 radical (unpaired) electrons. The Labute approximate surface area is 174 Å². The normalized spacial score (nSPS) is 19.3. The van der Waals surface area contributed by atoms with Crippen LogP contribution in [-0.2, 0) is 15.8 Å². The highest BCUT2D eigenvalue weighted by atomic mass is 19.4. The Kier molecular flexibility index (Phi) is 5.67. The molecule has 2 amide bonds. The second kappa shape index (κ2) is 7.78. The van der Waals surface area contributed by atoms with Crippen molar-refractivity contribution in [2.24, 2.45) is 5.41 Å². The van der Waals surface area contributed by atoms with Gasteiger partial charge in [-0.1, -0.05) is 25.1 Å². The van der Waals surface area contributed by atoms with E-state index in [2.05, 4.69) is 5.32 Å². The highest BCUT2D eigenvalue weighted by Crippen LogP contribution is 2.41. The number of hydrogen-bond donors (Lipinski definition) is 1. The lowest BCUT2D eigenvalue weighted by molar-refractivity contribution is -0.137. The Bertz CT molecular complexity index is 980. The molecule has 1 heterocycles. The predicted molar refractivity (Wildman–Crippen MR) is 110 cm³/mol. The van der Waals surface area contributed by atoms with Crippen molar-refractivity contribution < 1.29 is 22.8 Å². The van der Waals surface area contributed by atoms with Crippen LogP contribution in [0.4, 0.5) is 24.5 Å². The maximum Gasteiger partial charge on any atom is 0.416 e. The van der Waals surface area contributed by atoms with Crippen LogP contribution in [0.3, 0.4) is 0 Å². The van der Waals surface area contributed by atoms with Crippen LogP contribution in [0.1, 0.15) is 42.0 Å². The summed E-state index contributed by atoms with van der Waals surface area (Å²) in [6.45, 7) is 7.37. The molecule has 1 atom stereocenters. The lowest BCUT2D eigenvalue weighted by Gasteiger charge is -2.27. The summed E-state index contributed by atoms with van der Waals surface area (Å²) in [4.78, 5) is 27.6. The molecule has 0 spiro atoms. The first-order chi connectivity index (χ1) is 14.0. The Hall–Kier alpha value is -2.83. The summed E-state index contributed by atoms with van der Waals surface area (Å²) >= 11 is 0. The molecule has 0 aromatic heterocycles. The van der Waals surface area contributed by atoms with Gasteiger partial charge in [-0.3, -0.25) is 9.59 Å². The average molecular weight is 418 g/mol. The third-order valence-corrected chi connectivity index (χ3v) is 5.78. The summed E-state index contributed by atoms with van der Waals surface area (Å²) < 4.78 is 39.4. The van der Waals surface area contributed by atoms with Gasteiger partial charge in [-0.15, -0.1) is 0 Å². The van der Waals surface area contributed by atoms with Crippen LogP contribution in [0.2, 0.25) is 0 Å². The van der Waals surface area contributed by atoms with Crippen LogP contribution >= 0.6 is 0 Å². The van der Waals surface area contributed by atoms with E-state index < -0.39 is 23.1 Å². The molecular weight excluding hydrogens is 393 g/mol. The van der Waals surface area contributed by atoms with Gasteiger partial charge in [0.2, 0.25) is 11.8 Å². The van der Waals surface area contributed by atoms with Crippen LogP contribution < -0.4 is 10.2 Å². The zero-order valence-corrected chi connectivity index (χ0v) is 17.5. The number of para-hydroxylation sites is 1. The maximum atomic E-state index is 13.2. The molecule has 0 bridgehead atoms. The van der Waals surface area contributed by atoms with E-state index in [9.17, 15) is 22.8 Å². The predicted octanol–water partition coefficient (Wildman–Crippen LogP) is 5.40. The third kappa shape index (κ3) is 4.06. The van der Waals surface area contributed by atoms with Crippen LogP contribution in [0.15, 0.2) is 36.4 Å². The van der Waals surface area contributed by atoms with Crippen molar-refractivity contribution in [3.05, 3.63) is 58.7 Å². The van der Waals surface area contributed by atoms with Crippen LogP contribution in [0, 0.1) is 26.2 Å². The van der Waals surface area contributed by atoms with Gasteiger partial charge in [0.05, 0.1) is 11.0 Å². The van der Waals surface area contributed by atoms with Gasteiger partial charge in [-0.2, -0.15) is 13.2 Å². The van der Waals surface area contributed by atoms with E-state index in [4.69, 9.17) is 0 Å². The monoisotopic (exact) mass is 418 g/mol. The number of amides is 2. The number of anilines is 2. The molecule has 7 heteroatoms. The van der Waals surface area contributed by atoms with E-state index in [1.54, 1.807) is 11.8 Å². The van der Waals surface area contributed by atoms with E-state index >= 15 is 0 Å². The minimum atomic E-state index is -4.50. The third-order valence-electron chi connectivity index (χ3n) is 5.78. The number of aryl methyl sites for hydroxylation is 3. The molecule has 160 valence electrons. The van der Waals surface area contributed by atoms with Crippen molar-refractivity contribution >= 4 is 23.2 Å². The standard InChI is InChI=1S/C23H25F3N2O2/c1-5-22(12-19(29)28(13-22)20-15(3)7-6-8-16(20)4)21(30)27-18-10-14(2)9-17(11-18)23(24,25)26/h6-11H,5,12-13H2,1-4H3,(H,27,30)/t22-/m0/s1. The van der Waals surface area contributed by atoms with Gasteiger partial charge in [0.1, 0.15) is 0 Å². The molecule has 1 aliphatic heterocycles. The van der Waals surface area contributed by atoms with E-state index in [0.29, 0.717) is 12.0 Å². The fraction of sp³-hybridized carbons (Fsp3) is 0.391. The van der Waals surface area contributed by atoms with Crippen molar-refractivity contribution in [2.75, 3.05) is 16.8 Å². The van der Waals surface area contributed by atoms with Crippen molar-refractivity contribution in [3.63, 3.8) is 0 Å². The number of hydrogen-bond acceptors (Lipinski definition) is 2. The minimum absolute atomic E-state index is 0.0149. The zero-order chi connectivity index (χ0) is 22.3. The molecule has 3 rings (SSSR count). The van der Waals surface area contributed by atoms with E-state index in [1.165, 1.54) is 6.07 Å². The molecule has 1 N–H and O–H groups in total. The van der Waals surface area contributed by atoms with E-state index in [1.807, 2.05) is 39.0 Å². The Morgan fingerprint density at radius 2 is 1.77 bits per heavy atom. The maximum absolute atomic E-state index is 13.2. The van der Waals surface area contributed by atoms with Gasteiger partial charge < -0.3 is 10.2 Å². The van der Waals surface area contributed by atoms with Gasteiger partial charge in [0, 0.05) is 24.3 Å². The molecule has 2 aromatic rings. The molecule has 4 nitrogen and oxygen atoms in total. The number of carbonyl (C=O) groups is 2. The molecule has 0 aliphatic carbocycles. The van der Waals surface area contributed by atoms with Gasteiger partial charge >= 0.3 is 6.18 Å². The summed E-state index contributed by atoms with van der Waals surface area (Å²) in [6.07, 6.45) is -4.10. The summed E-state index contributed by atoms with van der Waals surface area (Å²) in [5.41, 5.74) is 1.31. The van der Waals surface area contributed by atoms with Gasteiger partial charge in [0.25, 0.3) is 0 Å². The minimum Gasteiger partial charge on any atom is -0.326 e. The van der Waals surface area contributed by atoms with E-state index in [0.717, 1.165) is 28.9 Å². The van der Waals surface area contributed by atoms with Crippen LogP contribution in [-0.4, -0.2) is 18.4 Å². The molecule has 1 aliphatic rings. The Balaban J connectivity index is 1.90. The number of carbonyl (C=O) groups excluding carboxylic acids is 2. The number of halogens is 3. The van der Waals surface area contributed by atoms with Gasteiger partial charge in [-0.05, 0) is 62.1 Å². The SMILES string of the molecule is CC[C@]1(C(=O)Nc2cc(C)cc(C(F)(F)F)c2)CC(=O)N(c2c(C)cccc2C)C1. The summed E-state index contributed by atoms with van der Waals surface area (Å²) in [6, 6.07) is 9.18. The first kappa shape index (κ1) is 21.9. The molecule has 1 fully saturated rings. The Morgan fingerprint density at radius 3 is 2.33 bits per heavy atom. The van der Waals surface area contributed by atoms with Crippen LogP contribution in [0.25, 0.3) is 0 Å². The highest BCUT2D eigenvalue weighted by molar-refractivity contribution is 6.06. The summed E-state index contributed by atoms with van der Waals surface area (Å²) in [5.74, 6) is -0.601. The molecule has 30 heavy (non-hydrogen) atoms. The number of benzene rings is 2. The second-order valence-electron chi connectivity index (χ2n) is 8.07. The molecule has 2 aromatic carbocycles. The first-order valence-electron chi connectivity index (χ1n) is 9.84. The number of nitrogens with one attached hydrogen (secondary N) is 1. The van der Waals surface area contributed by atoms with Gasteiger partial charge in [0.15, 0.2) is 0 Å². The van der Waals surface area contributed by atoms with Crippen molar-refractivity contribution in [1.82, 2.24) is 0 Å². The summed E-state index contributed by atoms with van der Waals surface area (Å²) in [5, 5.41) is 2.63. The second-order valence-corrected chi connectivity index (χ2v) is 8.07. The van der Waals surface area contributed by atoms with E-state index in [-0.39, 0.29) is 24.6 Å².